The molecule has 0 saturated carbocycles. The van der Waals surface area contributed by atoms with Crippen LogP contribution in [0.3, 0.4) is 0 Å². The number of nitrogens with zero attached hydrogens (tertiary/aromatic N) is 3. The van der Waals surface area contributed by atoms with Crippen LogP contribution in [-0.4, -0.2) is 27.3 Å². The molecule has 2 aromatic carbocycles. The molecule has 1 N–H and O–H groups in total. The van der Waals surface area contributed by atoms with E-state index in [0.717, 1.165) is 22.7 Å². The summed E-state index contributed by atoms with van der Waals surface area (Å²) in [5.41, 5.74) is 3.77. The maximum atomic E-state index is 12.3. The Kier molecular flexibility index (Phi) is 5.54. The Bertz CT molecular complexity index is 947. The van der Waals surface area contributed by atoms with Gasteiger partial charge in [0.05, 0.1) is 0 Å². The molecular weight excluding hydrogens is 340 g/mol. The number of aryl methyl sites for hydroxylation is 2. The van der Waals surface area contributed by atoms with Crippen LogP contribution in [0, 0.1) is 6.92 Å². The third kappa shape index (κ3) is 4.53. The van der Waals surface area contributed by atoms with Gasteiger partial charge in [-0.15, -0.1) is 10.2 Å². The number of ether oxygens (including phenoxy) is 1. The van der Waals surface area contributed by atoms with Crippen LogP contribution in [0.5, 0.6) is 5.75 Å². The summed E-state index contributed by atoms with van der Waals surface area (Å²) >= 11 is 0. The van der Waals surface area contributed by atoms with E-state index in [9.17, 15) is 4.79 Å². The second-order valence-electron chi connectivity index (χ2n) is 6.86. The van der Waals surface area contributed by atoms with Gasteiger partial charge < -0.3 is 14.6 Å². The highest BCUT2D eigenvalue weighted by atomic mass is 16.5. The molecule has 0 aliphatic carbocycles. The minimum Gasteiger partial charge on any atom is -0.483 e. The average molecular weight is 364 g/mol. The van der Waals surface area contributed by atoms with E-state index >= 15 is 0 Å². The first-order valence-corrected chi connectivity index (χ1v) is 8.91. The highest BCUT2D eigenvalue weighted by Crippen LogP contribution is 2.24. The molecule has 0 radical (unpaired) electrons. The summed E-state index contributed by atoms with van der Waals surface area (Å²) in [6.45, 7) is 6.19. The number of carbonyl (C=O) groups is 1. The van der Waals surface area contributed by atoms with E-state index in [0.29, 0.717) is 11.6 Å². The van der Waals surface area contributed by atoms with E-state index < -0.39 is 0 Å². The Labute approximate surface area is 159 Å². The standard InChI is InChI=1S/C21H24N4O2/c1-14(2)16-9-8-15(3)19(11-16)27-12-20(26)23-18-7-5-6-17(10-18)21-24-22-13-25(21)4/h5-11,13-14H,12H2,1-4H3,(H,23,26). The van der Waals surface area contributed by atoms with Gasteiger partial charge >= 0.3 is 0 Å². The first-order chi connectivity index (χ1) is 12.9. The van der Waals surface area contributed by atoms with E-state index in [1.807, 2.05) is 54.9 Å². The van der Waals surface area contributed by atoms with Crippen LogP contribution in [0.2, 0.25) is 0 Å². The summed E-state index contributed by atoms with van der Waals surface area (Å²) < 4.78 is 7.57. The molecule has 0 aliphatic rings. The third-order valence-electron chi connectivity index (χ3n) is 4.35. The van der Waals surface area contributed by atoms with Crippen LogP contribution in [0.15, 0.2) is 48.8 Å². The van der Waals surface area contributed by atoms with E-state index in [4.69, 9.17) is 4.74 Å². The maximum Gasteiger partial charge on any atom is 0.262 e. The summed E-state index contributed by atoms with van der Waals surface area (Å²) in [5, 5.41) is 10.8. The predicted octanol–water partition coefficient (Wildman–Crippen LogP) is 3.93. The fourth-order valence-corrected chi connectivity index (χ4v) is 2.75. The van der Waals surface area contributed by atoms with Crippen molar-refractivity contribution in [2.75, 3.05) is 11.9 Å². The van der Waals surface area contributed by atoms with Crippen molar-refractivity contribution in [1.82, 2.24) is 14.8 Å². The van der Waals surface area contributed by atoms with Crippen molar-refractivity contribution in [3.63, 3.8) is 0 Å². The quantitative estimate of drug-likeness (QED) is 0.719. The predicted molar refractivity (Wildman–Crippen MR) is 106 cm³/mol. The molecule has 3 aromatic rings. The Hall–Kier alpha value is -3.15. The first-order valence-electron chi connectivity index (χ1n) is 8.91. The van der Waals surface area contributed by atoms with Crippen molar-refractivity contribution in [2.24, 2.45) is 7.05 Å². The number of anilines is 1. The summed E-state index contributed by atoms with van der Waals surface area (Å²) in [4.78, 5) is 12.3. The number of carbonyl (C=O) groups excluding carboxylic acids is 1. The van der Waals surface area contributed by atoms with E-state index in [1.54, 1.807) is 6.33 Å². The van der Waals surface area contributed by atoms with E-state index in [2.05, 4.69) is 35.4 Å². The van der Waals surface area contributed by atoms with Gasteiger partial charge in [0.2, 0.25) is 0 Å². The second kappa shape index (κ2) is 8.03. The molecule has 140 valence electrons. The zero-order chi connectivity index (χ0) is 19.4. The minimum absolute atomic E-state index is 0.0451. The van der Waals surface area contributed by atoms with Crippen molar-refractivity contribution in [2.45, 2.75) is 26.7 Å². The number of benzene rings is 2. The molecular formula is C21H24N4O2. The topological polar surface area (TPSA) is 69.0 Å². The average Bonchev–Trinajstić information content (AvgIpc) is 3.07. The van der Waals surface area contributed by atoms with Gasteiger partial charge in [-0.1, -0.05) is 38.1 Å². The fraction of sp³-hybridized carbons (Fsp3) is 0.286. The van der Waals surface area contributed by atoms with Gasteiger partial charge in [-0.2, -0.15) is 0 Å². The van der Waals surface area contributed by atoms with Gasteiger partial charge in [0, 0.05) is 18.3 Å². The van der Waals surface area contributed by atoms with Crippen LogP contribution in [0.25, 0.3) is 11.4 Å². The molecule has 1 amide bonds. The van der Waals surface area contributed by atoms with Crippen molar-refractivity contribution < 1.29 is 9.53 Å². The van der Waals surface area contributed by atoms with Crippen LogP contribution in [0.1, 0.15) is 30.9 Å². The normalized spacial score (nSPS) is 10.9. The summed E-state index contributed by atoms with van der Waals surface area (Å²) in [5.74, 6) is 1.68. The van der Waals surface area contributed by atoms with Crippen molar-refractivity contribution in [1.29, 1.82) is 0 Å². The van der Waals surface area contributed by atoms with Gasteiger partial charge in [-0.25, -0.2) is 0 Å². The zero-order valence-electron chi connectivity index (χ0n) is 16.1. The molecule has 6 nitrogen and oxygen atoms in total. The Balaban J connectivity index is 1.65. The second-order valence-corrected chi connectivity index (χ2v) is 6.86. The number of amides is 1. The molecule has 0 atom stereocenters. The van der Waals surface area contributed by atoms with Crippen LogP contribution in [0.4, 0.5) is 5.69 Å². The number of hydrogen-bond acceptors (Lipinski definition) is 4. The lowest BCUT2D eigenvalue weighted by Crippen LogP contribution is -2.20. The SMILES string of the molecule is Cc1ccc(C(C)C)cc1OCC(=O)Nc1cccc(-c2nncn2C)c1. The van der Waals surface area contributed by atoms with Crippen LogP contribution in [-0.2, 0) is 11.8 Å². The summed E-state index contributed by atoms with van der Waals surface area (Å²) in [6, 6.07) is 13.6. The summed E-state index contributed by atoms with van der Waals surface area (Å²) in [7, 11) is 1.88. The summed E-state index contributed by atoms with van der Waals surface area (Å²) in [6.07, 6.45) is 1.64. The molecule has 1 heterocycles. The Morgan fingerprint density at radius 3 is 2.74 bits per heavy atom. The largest absolute Gasteiger partial charge is 0.483 e. The molecule has 3 rings (SSSR count). The molecule has 1 aromatic heterocycles. The Morgan fingerprint density at radius 2 is 2.04 bits per heavy atom. The molecule has 6 heteroatoms. The zero-order valence-corrected chi connectivity index (χ0v) is 16.1. The van der Waals surface area contributed by atoms with Crippen LogP contribution >= 0.6 is 0 Å². The smallest absolute Gasteiger partial charge is 0.262 e. The molecule has 0 aliphatic heterocycles. The van der Waals surface area contributed by atoms with Crippen molar-refractivity contribution in [3.05, 3.63) is 59.9 Å². The van der Waals surface area contributed by atoms with Crippen LogP contribution < -0.4 is 10.1 Å². The third-order valence-corrected chi connectivity index (χ3v) is 4.35. The lowest BCUT2D eigenvalue weighted by atomic mass is 10.0. The lowest BCUT2D eigenvalue weighted by molar-refractivity contribution is -0.118. The highest BCUT2D eigenvalue weighted by Gasteiger charge is 2.10. The molecule has 0 unspecified atom stereocenters. The van der Waals surface area contributed by atoms with Crippen molar-refractivity contribution >= 4 is 11.6 Å². The Morgan fingerprint density at radius 1 is 1.22 bits per heavy atom. The number of hydrogen-bond donors (Lipinski definition) is 1. The number of aromatic nitrogens is 3. The number of nitrogens with one attached hydrogen (secondary N) is 1. The minimum atomic E-state index is -0.209. The van der Waals surface area contributed by atoms with E-state index in [1.165, 1.54) is 5.56 Å². The van der Waals surface area contributed by atoms with Gasteiger partial charge in [0.1, 0.15) is 12.1 Å². The molecule has 0 saturated heterocycles. The van der Waals surface area contributed by atoms with Gasteiger partial charge in [0.25, 0.3) is 5.91 Å². The number of rotatable bonds is 6. The molecule has 0 spiro atoms. The molecule has 27 heavy (non-hydrogen) atoms. The monoisotopic (exact) mass is 364 g/mol. The lowest BCUT2D eigenvalue weighted by Gasteiger charge is -2.13. The maximum absolute atomic E-state index is 12.3. The fourth-order valence-electron chi connectivity index (χ4n) is 2.75. The molecule has 0 fully saturated rings. The van der Waals surface area contributed by atoms with Crippen molar-refractivity contribution in [3.8, 4) is 17.1 Å². The molecule has 0 bridgehead atoms. The van der Waals surface area contributed by atoms with Gasteiger partial charge in [0.15, 0.2) is 12.4 Å². The highest BCUT2D eigenvalue weighted by molar-refractivity contribution is 5.92. The van der Waals surface area contributed by atoms with E-state index in [-0.39, 0.29) is 12.5 Å². The van der Waals surface area contributed by atoms with Gasteiger partial charge in [-0.05, 0) is 42.2 Å². The van der Waals surface area contributed by atoms with Gasteiger partial charge in [-0.3, -0.25) is 4.79 Å². The first kappa shape index (κ1) is 18.6.